The first-order chi connectivity index (χ1) is 8.79. The van der Waals surface area contributed by atoms with Crippen LogP contribution in [0.2, 0.25) is 0 Å². The number of ether oxygens (including phenoxy) is 1. The van der Waals surface area contributed by atoms with Crippen LogP contribution in [0.4, 0.5) is 0 Å². The second-order valence-electron chi connectivity index (χ2n) is 5.05. The number of unbranched alkanes of at least 4 members (excludes halogenated alkanes) is 2. The van der Waals surface area contributed by atoms with Crippen LogP contribution in [0.25, 0.3) is 0 Å². The van der Waals surface area contributed by atoms with E-state index in [-0.39, 0.29) is 6.61 Å². The summed E-state index contributed by atoms with van der Waals surface area (Å²) < 4.78 is 5.75. The molecule has 0 unspecified atom stereocenters. The fraction of sp³-hybridized carbons (Fsp3) is 0.600. The highest BCUT2D eigenvalue weighted by atomic mass is 16.5. The van der Waals surface area contributed by atoms with E-state index in [4.69, 9.17) is 9.84 Å². The van der Waals surface area contributed by atoms with Gasteiger partial charge in [0.15, 0.2) is 0 Å². The van der Waals surface area contributed by atoms with Gasteiger partial charge in [-0.05, 0) is 56.0 Å². The lowest BCUT2D eigenvalue weighted by Gasteiger charge is -2.25. The number of aliphatic hydroxyl groups excluding tert-OH is 1. The van der Waals surface area contributed by atoms with Crippen molar-refractivity contribution >= 4 is 0 Å². The Labute approximate surface area is 109 Å². The summed E-state index contributed by atoms with van der Waals surface area (Å²) in [5.41, 5.74) is 2.86. The molecule has 0 fully saturated rings. The van der Waals surface area contributed by atoms with Gasteiger partial charge in [0.2, 0.25) is 0 Å². The third-order valence-electron chi connectivity index (χ3n) is 3.45. The maximum atomic E-state index is 8.69. The summed E-state index contributed by atoms with van der Waals surface area (Å²) in [5.74, 6) is 0.988. The predicted octanol–water partition coefficient (Wildman–Crippen LogP) is 2.22. The van der Waals surface area contributed by atoms with E-state index in [9.17, 15) is 0 Å². The molecule has 0 saturated carbocycles. The Morgan fingerprint density at radius 2 is 2.11 bits per heavy atom. The summed E-state index contributed by atoms with van der Waals surface area (Å²) >= 11 is 0. The molecule has 1 aromatic carbocycles. The topological polar surface area (TPSA) is 32.7 Å². The standard InChI is InChI=1S/C15H23NO2/c1-16-8-7-13-11-15(6-5-14(13)12-16)18-10-4-2-3-9-17/h5-6,11,17H,2-4,7-10,12H2,1H3. The molecule has 0 amide bonds. The van der Waals surface area contributed by atoms with Crippen LogP contribution in [-0.2, 0) is 13.0 Å². The van der Waals surface area contributed by atoms with E-state index in [1.807, 2.05) is 0 Å². The quantitative estimate of drug-likeness (QED) is 0.785. The number of benzene rings is 1. The third-order valence-corrected chi connectivity index (χ3v) is 3.45. The van der Waals surface area contributed by atoms with E-state index in [2.05, 4.69) is 30.1 Å². The molecule has 1 aliphatic heterocycles. The van der Waals surface area contributed by atoms with Crippen LogP contribution in [0, 0.1) is 0 Å². The van der Waals surface area contributed by atoms with Gasteiger partial charge in [-0.1, -0.05) is 6.07 Å². The fourth-order valence-electron chi connectivity index (χ4n) is 2.34. The van der Waals surface area contributed by atoms with E-state index < -0.39 is 0 Å². The van der Waals surface area contributed by atoms with Crippen LogP contribution in [0.1, 0.15) is 30.4 Å². The molecule has 0 aliphatic carbocycles. The van der Waals surface area contributed by atoms with Gasteiger partial charge >= 0.3 is 0 Å². The van der Waals surface area contributed by atoms with Crippen molar-refractivity contribution in [1.82, 2.24) is 4.90 Å². The summed E-state index contributed by atoms with van der Waals surface area (Å²) in [4.78, 5) is 2.34. The predicted molar refractivity (Wildman–Crippen MR) is 72.9 cm³/mol. The zero-order chi connectivity index (χ0) is 12.8. The minimum Gasteiger partial charge on any atom is -0.494 e. The monoisotopic (exact) mass is 249 g/mol. The molecule has 0 spiro atoms. The van der Waals surface area contributed by atoms with Crippen molar-refractivity contribution in [1.29, 1.82) is 0 Å². The Morgan fingerprint density at radius 1 is 1.22 bits per heavy atom. The molecule has 0 aromatic heterocycles. The van der Waals surface area contributed by atoms with Crippen molar-refractivity contribution in [3.8, 4) is 5.75 Å². The lowest BCUT2D eigenvalue weighted by Crippen LogP contribution is -2.26. The largest absolute Gasteiger partial charge is 0.494 e. The molecule has 2 rings (SSSR count). The van der Waals surface area contributed by atoms with Gasteiger partial charge in [0.05, 0.1) is 6.61 Å². The van der Waals surface area contributed by atoms with E-state index in [0.29, 0.717) is 0 Å². The molecular formula is C15H23NO2. The van der Waals surface area contributed by atoms with Gasteiger partial charge in [0.1, 0.15) is 5.75 Å². The molecular weight excluding hydrogens is 226 g/mol. The van der Waals surface area contributed by atoms with Gasteiger partial charge in [0, 0.05) is 19.7 Å². The minimum atomic E-state index is 0.284. The average Bonchev–Trinajstić information content (AvgIpc) is 2.38. The number of rotatable bonds is 6. The molecule has 1 aromatic rings. The molecule has 1 aliphatic rings. The Morgan fingerprint density at radius 3 is 2.94 bits per heavy atom. The van der Waals surface area contributed by atoms with Crippen molar-refractivity contribution in [2.75, 3.05) is 26.8 Å². The van der Waals surface area contributed by atoms with Gasteiger partial charge in [-0.3, -0.25) is 0 Å². The third kappa shape index (κ3) is 3.72. The Bertz CT molecular complexity index is 379. The Kier molecular flexibility index (Phi) is 5.02. The summed E-state index contributed by atoms with van der Waals surface area (Å²) in [6, 6.07) is 6.45. The molecule has 1 N–H and O–H groups in total. The minimum absolute atomic E-state index is 0.284. The molecule has 0 saturated heterocycles. The van der Waals surface area contributed by atoms with Crippen LogP contribution in [0.5, 0.6) is 5.75 Å². The molecule has 0 radical (unpaired) electrons. The fourth-order valence-corrected chi connectivity index (χ4v) is 2.34. The SMILES string of the molecule is CN1CCc2cc(OCCCCCO)ccc2C1. The highest BCUT2D eigenvalue weighted by Gasteiger charge is 2.13. The van der Waals surface area contributed by atoms with E-state index in [1.54, 1.807) is 0 Å². The van der Waals surface area contributed by atoms with Crippen molar-refractivity contribution in [3.05, 3.63) is 29.3 Å². The first kappa shape index (κ1) is 13.4. The molecule has 0 atom stereocenters. The van der Waals surface area contributed by atoms with Crippen molar-refractivity contribution in [2.24, 2.45) is 0 Å². The first-order valence-corrected chi connectivity index (χ1v) is 6.83. The first-order valence-electron chi connectivity index (χ1n) is 6.83. The number of aliphatic hydroxyl groups is 1. The lowest BCUT2D eigenvalue weighted by molar-refractivity contribution is 0.265. The summed E-state index contributed by atoms with van der Waals surface area (Å²) in [6.45, 7) is 3.21. The van der Waals surface area contributed by atoms with E-state index in [1.165, 1.54) is 11.1 Å². The smallest absolute Gasteiger partial charge is 0.119 e. The second-order valence-corrected chi connectivity index (χ2v) is 5.05. The van der Waals surface area contributed by atoms with Crippen LogP contribution in [0.15, 0.2) is 18.2 Å². The molecule has 0 bridgehead atoms. The maximum Gasteiger partial charge on any atom is 0.119 e. The van der Waals surface area contributed by atoms with Crippen molar-refractivity contribution < 1.29 is 9.84 Å². The molecule has 3 nitrogen and oxygen atoms in total. The van der Waals surface area contributed by atoms with E-state index >= 15 is 0 Å². The normalized spacial score (nSPS) is 15.4. The van der Waals surface area contributed by atoms with E-state index in [0.717, 1.165) is 51.1 Å². The highest BCUT2D eigenvalue weighted by Crippen LogP contribution is 2.23. The summed E-state index contributed by atoms with van der Waals surface area (Å²) in [6.07, 6.45) is 4.04. The molecule has 3 heteroatoms. The van der Waals surface area contributed by atoms with Crippen LogP contribution < -0.4 is 4.74 Å². The van der Waals surface area contributed by atoms with Gasteiger partial charge in [-0.15, -0.1) is 0 Å². The van der Waals surface area contributed by atoms with Gasteiger partial charge in [-0.25, -0.2) is 0 Å². The number of likely N-dealkylation sites (N-methyl/N-ethyl adjacent to an activating group) is 1. The average molecular weight is 249 g/mol. The maximum absolute atomic E-state index is 8.69. The highest BCUT2D eigenvalue weighted by molar-refractivity contribution is 5.37. The Balaban J connectivity index is 1.83. The molecule has 100 valence electrons. The zero-order valence-electron chi connectivity index (χ0n) is 11.2. The number of fused-ring (bicyclic) bond motifs is 1. The van der Waals surface area contributed by atoms with Crippen LogP contribution in [-0.4, -0.2) is 36.8 Å². The van der Waals surface area contributed by atoms with Crippen molar-refractivity contribution in [2.45, 2.75) is 32.2 Å². The van der Waals surface area contributed by atoms with Crippen LogP contribution in [0.3, 0.4) is 0 Å². The summed E-state index contributed by atoms with van der Waals surface area (Å²) in [5, 5.41) is 8.69. The lowest BCUT2D eigenvalue weighted by atomic mass is 10.00. The number of nitrogens with zero attached hydrogens (tertiary/aromatic N) is 1. The zero-order valence-corrected chi connectivity index (χ0v) is 11.2. The number of hydrogen-bond donors (Lipinski definition) is 1. The summed E-state index contributed by atoms with van der Waals surface area (Å²) in [7, 11) is 2.16. The van der Waals surface area contributed by atoms with Gasteiger partial charge in [0.25, 0.3) is 0 Å². The Hall–Kier alpha value is -1.06. The van der Waals surface area contributed by atoms with Gasteiger partial charge in [-0.2, -0.15) is 0 Å². The molecule has 18 heavy (non-hydrogen) atoms. The second kappa shape index (κ2) is 6.76. The van der Waals surface area contributed by atoms with Gasteiger partial charge < -0.3 is 14.7 Å². The number of hydrogen-bond acceptors (Lipinski definition) is 3. The van der Waals surface area contributed by atoms with Crippen LogP contribution >= 0.6 is 0 Å². The van der Waals surface area contributed by atoms with Crippen molar-refractivity contribution in [3.63, 3.8) is 0 Å². The molecule has 1 heterocycles.